The molecule has 0 amide bonds. The first-order chi connectivity index (χ1) is 8.78. The van der Waals surface area contributed by atoms with Gasteiger partial charge in [-0.05, 0) is 6.92 Å². The zero-order valence-electron chi connectivity index (χ0n) is 9.75. The zero-order valence-corrected chi connectivity index (χ0v) is 9.75. The van der Waals surface area contributed by atoms with Gasteiger partial charge in [0, 0.05) is 12.6 Å². The lowest BCUT2D eigenvalue weighted by molar-refractivity contribution is -0.275. The summed E-state index contributed by atoms with van der Waals surface area (Å²) in [6.07, 6.45) is -5.06. The molecule has 0 aromatic carbocycles. The first-order valence-corrected chi connectivity index (χ1v) is 5.10. The summed E-state index contributed by atoms with van der Waals surface area (Å²) in [6, 6.07) is 0.498. The molecule has 0 radical (unpaired) electrons. The largest absolute Gasteiger partial charge is 0.573 e. The molecule has 0 spiro atoms. The van der Waals surface area contributed by atoms with Crippen molar-refractivity contribution in [3.8, 4) is 5.75 Å². The summed E-state index contributed by atoms with van der Waals surface area (Å²) in [5.74, 6) is -3.26. The van der Waals surface area contributed by atoms with E-state index < -0.39 is 41.8 Å². The zero-order chi connectivity index (χ0) is 14.6. The van der Waals surface area contributed by atoms with E-state index in [-0.39, 0.29) is 6.61 Å². The molecule has 9 heteroatoms. The molecule has 2 N–H and O–H groups in total. The van der Waals surface area contributed by atoms with Crippen LogP contribution in [0.25, 0.3) is 0 Å². The summed E-state index contributed by atoms with van der Waals surface area (Å²) in [5.41, 5.74) is 3.91. The van der Waals surface area contributed by atoms with Crippen molar-refractivity contribution in [2.75, 3.05) is 6.61 Å². The Morgan fingerprint density at radius 3 is 2.58 bits per heavy atom. The van der Waals surface area contributed by atoms with Gasteiger partial charge in [0.1, 0.15) is 11.3 Å². The molecule has 1 heterocycles. The third-order valence-corrected chi connectivity index (χ3v) is 1.92. The molecule has 0 fully saturated rings. The number of rotatable bonds is 4. The number of pyridine rings is 1. The summed E-state index contributed by atoms with van der Waals surface area (Å²) in [7, 11) is 0. The molecule has 0 unspecified atom stereocenters. The van der Waals surface area contributed by atoms with E-state index in [1.54, 1.807) is 0 Å². The van der Waals surface area contributed by atoms with Crippen LogP contribution >= 0.6 is 0 Å². The van der Waals surface area contributed by atoms with Crippen molar-refractivity contribution in [2.45, 2.75) is 19.8 Å². The summed E-state index contributed by atoms with van der Waals surface area (Å²) in [6.45, 7) is 0.825. The molecule has 0 aliphatic carbocycles. The van der Waals surface area contributed by atoms with Crippen molar-refractivity contribution in [3.05, 3.63) is 23.3 Å². The molecule has 106 valence electrons. The quantitative estimate of drug-likeness (QED) is 0.517. The second-order valence-corrected chi connectivity index (χ2v) is 3.24. The normalized spacial score (nSPS) is 11.3. The Balaban J connectivity index is 3.33. The lowest BCUT2D eigenvalue weighted by Gasteiger charge is -2.15. The number of carbonyl (C=O) groups is 1. The van der Waals surface area contributed by atoms with Gasteiger partial charge in [0.25, 0.3) is 0 Å². The van der Waals surface area contributed by atoms with Gasteiger partial charge in [0.05, 0.1) is 6.61 Å². The highest BCUT2D eigenvalue weighted by Gasteiger charge is 2.35. The Hall–Kier alpha value is -1.90. The van der Waals surface area contributed by atoms with Gasteiger partial charge in [-0.2, -0.15) is 4.39 Å². The second-order valence-electron chi connectivity index (χ2n) is 3.24. The molecule has 1 rings (SSSR count). The average Bonchev–Trinajstić information content (AvgIpc) is 2.29. The standard InChI is InChI=1S/C10H10F4N2O3/c1-2-18-9(17)5-3-7(11)16-6(4-15)8(5)19-10(12,13)14/h3H,2,4,15H2,1H3. The number of ether oxygens (including phenoxy) is 2. The van der Waals surface area contributed by atoms with Crippen LogP contribution in [-0.2, 0) is 11.3 Å². The second kappa shape index (κ2) is 5.83. The van der Waals surface area contributed by atoms with Crippen molar-refractivity contribution in [2.24, 2.45) is 5.73 Å². The highest BCUT2D eigenvalue weighted by Crippen LogP contribution is 2.30. The predicted molar refractivity (Wildman–Crippen MR) is 54.7 cm³/mol. The molecule has 19 heavy (non-hydrogen) atoms. The van der Waals surface area contributed by atoms with Crippen LogP contribution in [0.1, 0.15) is 23.0 Å². The number of nitrogens with two attached hydrogens (primary N) is 1. The van der Waals surface area contributed by atoms with E-state index in [1.165, 1.54) is 6.92 Å². The number of esters is 1. The molecule has 0 aliphatic rings. The van der Waals surface area contributed by atoms with Gasteiger partial charge < -0.3 is 15.2 Å². The van der Waals surface area contributed by atoms with E-state index in [4.69, 9.17) is 5.73 Å². The van der Waals surface area contributed by atoms with Crippen LogP contribution in [-0.4, -0.2) is 23.9 Å². The summed E-state index contributed by atoms with van der Waals surface area (Å²) in [5, 5.41) is 0. The van der Waals surface area contributed by atoms with E-state index in [9.17, 15) is 22.4 Å². The van der Waals surface area contributed by atoms with Gasteiger partial charge in [-0.25, -0.2) is 9.78 Å². The molecule has 0 saturated carbocycles. The van der Waals surface area contributed by atoms with Gasteiger partial charge in [-0.15, -0.1) is 13.2 Å². The minimum Gasteiger partial charge on any atom is -0.462 e. The number of hydrogen-bond donors (Lipinski definition) is 1. The SMILES string of the molecule is CCOC(=O)c1cc(F)nc(CN)c1OC(F)(F)F. The smallest absolute Gasteiger partial charge is 0.462 e. The fourth-order valence-corrected chi connectivity index (χ4v) is 1.28. The van der Waals surface area contributed by atoms with Crippen LogP contribution in [0.5, 0.6) is 5.75 Å². The Morgan fingerprint density at radius 2 is 2.11 bits per heavy atom. The fourth-order valence-electron chi connectivity index (χ4n) is 1.28. The Bertz CT molecular complexity index is 477. The summed E-state index contributed by atoms with van der Waals surface area (Å²) >= 11 is 0. The monoisotopic (exact) mass is 282 g/mol. The lowest BCUT2D eigenvalue weighted by Crippen LogP contribution is -2.22. The molecule has 0 atom stereocenters. The first-order valence-electron chi connectivity index (χ1n) is 5.10. The number of alkyl halides is 3. The average molecular weight is 282 g/mol. The van der Waals surface area contributed by atoms with Crippen LogP contribution in [0, 0.1) is 5.95 Å². The van der Waals surface area contributed by atoms with Crippen molar-refractivity contribution >= 4 is 5.97 Å². The minimum atomic E-state index is -5.06. The van der Waals surface area contributed by atoms with Crippen molar-refractivity contribution in [3.63, 3.8) is 0 Å². The highest BCUT2D eigenvalue weighted by atomic mass is 19.4. The van der Waals surface area contributed by atoms with Crippen molar-refractivity contribution in [1.29, 1.82) is 0 Å². The van der Waals surface area contributed by atoms with E-state index in [2.05, 4.69) is 14.5 Å². The third kappa shape index (κ3) is 4.05. The van der Waals surface area contributed by atoms with Gasteiger partial charge >= 0.3 is 12.3 Å². The van der Waals surface area contributed by atoms with Gasteiger partial charge in [-0.1, -0.05) is 0 Å². The number of halogens is 4. The van der Waals surface area contributed by atoms with E-state index in [0.29, 0.717) is 6.07 Å². The van der Waals surface area contributed by atoms with Crippen LogP contribution in [0.4, 0.5) is 17.6 Å². The van der Waals surface area contributed by atoms with E-state index in [1.807, 2.05) is 0 Å². The molecule has 1 aromatic rings. The van der Waals surface area contributed by atoms with Crippen LogP contribution < -0.4 is 10.5 Å². The fraction of sp³-hybridized carbons (Fsp3) is 0.400. The van der Waals surface area contributed by atoms with Gasteiger partial charge in [0.15, 0.2) is 5.75 Å². The summed E-state index contributed by atoms with van der Waals surface area (Å²) in [4.78, 5) is 14.6. The van der Waals surface area contributed by atoms with Crippen LogP contribution in [0.3, 0.4) is 0 Å². The molecular weight excluding hydrogens is 272 g/mol. The molecule has 1 aromatic heterocycles. The maximum absolute atomic E-state index is 13.1. The van der Waals surface area contributed by atoms with Crippen LogP contribution in [0.15, 0.2) is 6.07 Å². The van der Waals surface area contributed by atoms with Gasteiger partial charge in [0.2, 0.25) is 5.95 Å². The Kier molecular flexibility index (Phi) is 4.65. The third-order valence-electron chi connectivity index (χ3n) is 1.92. The van der Waals surface area contributed by atoms with E-state index >= 15 is 0 Å². The molecule has 0 bridgehead atoms. The topological polar surface area (TPSA) is 74.4 Å². The van der Waals surface area contributed by atoms with E-state index in [0.717, 1.165) is 0 Å². The number of carbonyl (C=O) groups excluding carboxylic acids is 1. The summed E-state index contributed by atoms with van der Waals surface area (Å²) < 4.78 is 58.1. The van der Waals surface area contributed by atoms with Gasteiger partial charge in [-0.3, -0.25) is 0 Å². The predicted octanol–water partition coefficient (Wildman–Crippen LogP) is 1.75. The molecular formula is C10H10F4N2O3. The number of aromatic nitrogens is 1. The Morgan fingerprint density at radius 1 is 1.47 bits per heavy atom. The molecule has 0 aliphatic heterocycles. The number of hydrogen-bond acceptors (Lipinski definition) is 5. The first kappa shape index (κ1) is 15.2. The molecule has 0 saturated heterocycles. The lowest BCUT2D eigenvalue weighted by atomic mass is 10.2. The van der Waals surface area contributed by atoms with Crippen molar-refractivity contribution < 1.29 is 31.8 Å². The van der Waals surface area contributed by atoms with Crippen molar-refractivity contribution in [1.82, 2.24) is 4.98 Å². The maximum atomic E-state index is 13.1. The Labute approximate surface area is 105 Å². The molecule has 5 nitrogen and oxygen atoms in total. The highest BCUT2D eigenvalue weighted by molar-refractivity contribution is 5.92. The van der Waals surface area contributed by atoms with Crippen LogP contribution in [0.2, 0.25) is 0 Å². The number of nitrogens with zero attached hydrogens (tertiary/aromatic N) is 1. The maximum Gasteiger partial charge on any atom is 0.573 e. The minimum absolute atomic E-state index is 0.0911.